The van der Waals surface area contributed by atoms with Gasteiger partial charge in [0, 0.05) is 66.2 Å². The van der Waals surface area contributed by atoms with Gasteiger partial charge in [-0.25, -0.2) is 14.3 Å². The standard InChI is InChI=1S/C32H39Br2N7O4/c33-26-7-6-22(20-27(26)34)21-28(30(42)39-18-16-38(17-19-39)24-8-12-35-13-9-24)45-32(44)40-14-10-25(11-15-40)41-31(43)36-29(37-41)23-4-2-1-3-5-23/h1-7,20,24-25,28,35H,8-19,21H2,(H,36,37,43)/t28-/m1/s1. The summed E-state index contributed by atoms with van der Waals surface area (Å²) < 4.78 is 9.28. The van der Waals surface area contributed by atoms with Gasteiger partial charge in [-0.05, 0) is 88.3 Å². The Hall–Kier alpha value is -3.00. The van der Waals surface area contributed by atoms with Gasteiger partial charge in [-0.15, -0.1) is 5.10 Å². The minimum atomic E-state index is -0.934. The highest BCUT2D eigenvalue weighted by Gasteiger charge is 2.35. The molecule has 3 fully saturated rings. The molecular weight excluding hydrogens is 706 g/mol. The fourth-order valence-electron chi connectivity index (χ4n) is 6.54. The Labute approximate surface area is 279 Å². The third-order valence-electron chi connectivity index (χ3n) is 9.13. The number of aromatic nitrogens is 3. The minimum absolute atomic E-state index is 0.135. The molecule has 2 amide bonds. The quantitative estimate of drug-likeness (QED) is 0.376. The smallest absolute Gasteiger partial charge is 0.410 e. The van der Waals surface area contributed by atoms with E-state index < -0.39 is 12.2 Å². The molecule has 0 saturated carbocycles. The number of likely N-dealkylation sites (tertiary alicyclic amines) is 1. The van der Waals surface area contributed by atoms with E-state index in [-0.39, 0.29) is 24.1 Å². The van der Waals surface area contributed by atoms with Crippen molar-refractivity contribution in [1.29, 1.82) is 0 Å². The number of piperidine rings is 2. The van der Waals surface area contributed by atoms with Gasteiger partial charge in [-0.3, -0.25) is 14.7 Å². The molecule has 0 aliphatic carbocycles. The molecule has 6 rings (SSSR count). The molecule has 0 spiro atoms. The number of nitrogens with one attached hydrogen (secondary N) is 2. The maximum absolute atomic E-state index is 13.9. The molecule has 45 heavy (non-hydrogen) atoms. The van der Waals surface area contributed by atoms with E-state index in [4.69, 9.17) is 4.74 Å². The van der Waals surface area contributed by atoms with E-state index >= 15 is 0 Å². The van der Waals surface area contributed by atoms with Crippen molar-refractivity contribution >= 4 is 43.9 Å². The number of ether oxygens (including phenoxy) is 1. The van der Waals surface area contributed by atoms with Gasteiger partial charge >= 0.3 is 11.8 Å². The molecule has 240 valence electrons. The van der Waals surface area contributed by atoms with Gasteiger partial charge in [0.1, 0.15) is 0 Å². The summed E-state index contributed by atoms with van der Waals surface area (Å²) in [5.41, 5.74) is 1.48. The first-order chi connectivity index (χ1) is 21.9. The van der Waals surface area contributed by atoms with Crippen LogP contribution in [-0.2, 0) is 16.0 Å². The van der Waals surface area contributed by atoms with Crippen molar-refractivity contribution in [3.8, 4) is 11.4 Å². The van der Waals surface area contributed by atoms with Crippen LogP contribution < -0.4 is 11.0 Å². The number of piperazine rings is 1. The first kappa shape index (κ1) is 32.0. The van der Waals surface area contributed by atoms with E-state index in [0.29, 0.717) is 50.9 Å². The zero-order valence-corrected chi connectivity index (χ0v) is 28.3. The Kier molecular flexibility index (Phi) is 10.4. The number of halogens is 2. The number of hydrogen-bond donors (Lipinski definition) is 2. The van der Waals surface area contributed by atoms with Crippen LogP contribution in [0.4, 0.5) is 4.79 Å². The Morgan fingerprint density at radius 1 is 0.867 bits per heavy atom. The van der Waals surface area contributed by atoms with Crippen molar-refractivity contribution in [2.45, 2.75) is 50.3 Å². The summed E-state index contributed by atoms with van der Waals surface area (Å²) in [7, 11) is 0. The lowest BCUT2D eigenvalue weighted by molar-refractivity contribution is -0.143. The molecule has 0 unspecified atom stereocenters. The second-order valence-electron chi connectivity index (χ2n) is 12.0. The number of nitrogens with zero attached hydrogens (tertiary/aromatic N) is 5. The van der Waals surface area contributed by atoms with E-state index in [9.17, 15) is 14.4 Å². The molecule has 11 nitrogen and oxygen atoms in total. The van der Waals surface area contributed by atoms with Crippen molar-refractivity contribution in [2.75, 3.05) is 52.4 Å². The molecule has 4 heterocycles. The molecule has 3 aliphatic rings. The summed E-state index contributed by atoms with van der Waals surface area (Å²) in [5.74, 6) is 0.374. The monoisotopic (exact) mass is 743 g/mol. The van der Waals surface area contributed by atoms with Crippen LogP contribution in [0.3, 0.4) is 0 Å². The van der Waals surface area contributed by atoms with Crippen LogP contribution in [-0.4, -0.2) is 106 Å². The largest absolute Gasteiger partial charge is 0.436 e. The molecule has 2 aromatic carbocycles. The summed E-state index contributed by atoms with van der Waals surface area (Å²) in [4.78, 5) is 48.9. The first-order valence-corrected chi connectivity index (χ1v) is 17.3. The van der Waals surface area contributed by atoms with Gasteiger partial charge < -0.3 is 19.9 Å². The number of carbonyl (C=O) groups excluding carboxylic acids is 2. The van der Waals surface area contributed by atoms with Gasteiger partial charge in [-0.2, -0.15) is 0 Å². The van der Waals surface area contributed by atoms with Gasteiger partial charge in [0.25, 0.3) is 5.91 Å². The predicted molar refractivity (Wildman–Crippen MR) is 178 cm³/mol. The fourth-order valence-corrected chi connectivity index (χ4v) is 7.22. The fraction of sp³-hybridized carbons (Fsp3) is 0.500. The van der Waals surface area contributed by atoms with Crippen molar-refractivity contribution in [1.82, 2.24) is 34.8 Å². The normalized spacial score (nSPS) is 19.4. The predicted octanol–water partition coefficient (Wildman–Crippen LogP) is 4.04. The number of aromatic amines is 1. The zero-order valence-electron chi connectivity index (χ0n) is 25.2. The maximum Gasteiger partial charge on any atom is 0.410 e. The first-order valence-electron chi connectivity index (χ1n) is 15.7. The molecule has 3 aliphatic heterocycles. The summed E-state index contributed by atoms with van der Waals surface area (Å²) in [6.45, 7) is 5.78. The van der Waals surface area contributed by atoms with E-state index in [0.717, 1.165) is 59.1 Å². The second-order valence-corrected chi connectivity index (χ2v) is 13.7. The van der Waals surface area contributed by atoms with Gasteiger partial charge in [0.2, 0.25) is 0 Å². The molecule has 1 atom stereocenters. The topological polar surface area (TPSA) is 116 Å². The second kappa shape index (κ2) is 14.6. The van der Waals surface area contributed by atoms with Gasteiger partial charge in [0.15, 0.2) is 11.9 Å². The minimum Gasteiger partial charge on any atom is -0.436 e. The molecule has 3 aromatic rings. The molecule has 3 saturated heterocycles. The van der Waals surface area contributed by atoms with Crippen molar-refractivity contribution in [2.24, 2.45) is 0 Å². The van der Waals surface area contributed by atoms with Crippen LogP contribution in [0.15, 0.2) is 62.3 Å². The number of rotatable bonds is 7. The Balaban J connectivity index is 1.09. The SMILES string of the molecule is O=C(O[C@H](Cc1ccc(Br)c(Br)c1)C(=O)N1CCN(C2CCNCC2)CC1)N1CCC(n2nc(-c3ccccc3)[nH]c2=O)CC1. The van der Waals surface area contributed by atoms with Crippen LogP contribution in [0.1, 0.15) is 37.3 Å². The van der Waals surface area contributed by atoms with Crippen LogP contribution in [0.2, 0.25) is 0 Å². The van der Waals surface area contributed by atoms with E-state index in [2.05, 4.69) is 52.2 Å². The van der Waals surface area contributed by atoms with Crippen LogP contribution in [0.25, 0.3) is 11.4 Å². The Bertz CT molecular complexity index is 1530. The van der Waals surface area contributed by atoms with Crippen molar-refractivity contribution in [3.63, 3.8) is 0 Å². The van der Waals surface area contributed by atoms with Crippen LogP contribution in [0.5, 0.6) is 0 Å². The van der Waals surface area contributed by atoms with Crippen molar-refractivity contribution in [3.05, 3.63) is 73.5 Å². The van der Waals surface area contributed by atoms with Crippen molar-refractivity contribution < 1.29 is 14.3 Å². The maximum atomic E-state index is 13.9. The lowest BCUT2D eigenvalue weighted by Crippen LogP contribution is -2.56. The number of H-pyrrole nitrogens is 1. The summed E-state index contributed by atoms with van der Waals surface area (Å²) in [5, 5.41) is 7.96. The highest BCUT2D eigenvalue weighted by Crippen LogP contribution is 2.26. The Morgan fingerprint density at radius 3 is 2.27 bits per heavy atom. The van der Waals surface area contributed by atoms with E-state index in [1.54, 1.807) is 4.90 Å². The number of amides is 2. The summed E-state index contributed by atoms with van der Waals surface area (Å²) in [6, 6.07) is 15.8. The van der Waals surface area contributed by atoms with E-state index in [1.165, 1.54) is 4.68 Å². The molecule has 1 aromatic heterocycles. The summed E-state index contributed by atoms with van der Waals surface area (Å²) >= 11 is 7.06. The Morgan fingerprint density at radius 2 is 1.58 bits per heavy atom. The lowest BCUT2D eigenvalue weighted by Gasteiger charge is -2.41. The van der Waals surface area contributed by atoms with Gasteiger partial charge in [-0.1, -0.05) is 36.4 Å². The third-order valence-corrected chi connectivity index (χ3v) is 11.0. The zero-order chi connectivity index (χ0) is 31.3. The molecular formula is C32H39Br2N7O4. The average molecular weight is 746 g/mol. The number of hydrogen-bond acceptors (Lipinski definition) is 7. The van der Waals surface area contributed by atoms with Gasteiger partial charge in [0.05, 0.1) is 6.04 Å². The van der Waals surface area contributed by atoms with E-state index in [1.807, 2.05) is 53.4 Å². The number of benzene rings is 2. The van der Waals surface area contributed by atoms with Crippen LogP contribution in [0, 0.1) is 0 Å². The number of carbonyl (C=O) groups is 2. The molecule has 0 radical (unpaired) electrons. The average Bonchev–Trinajstić information content (AvgIpc) is 3.48. The highest BCUT2D eigenvalue weighted by atomic mass is 79.9. The summed E-state index contributed by atoms with van der Waals surface area (Å²) in [6.07, 6.45) is 2.23. The van der Waals surface area contributed by atoms with Crippen LogP contribution >= 0.6 is 31.9 Å². The molecule has 13 heteroatoms. The molecule has 0 bridgehead atoms. The third kappa shape index (κ3) is 7.70. The lowest BCUT2D eigenvalue weighted by atomic mass is 10.0. The molecule has 2 N–H and O–H groups in total. The highest BCUT2D eigenvalue weighted by molar-refractivity contribution is 9.13.